The van der Waals surface area contributed by atoms with Crippen LogP contribution in [0.25, 0.3) is 10.9 Å². The summed E-state index contributed by atoms with van der Waals surface area (Å²) in [4.78, 5) is 32.1. The van der Waals surface area contributed by atoms with Gasteiger partial charge in [0.15, 0.2) is 6.54 Å². The van der Waals surface area contributed by atoms with Gasteiger partial charge in [-0.15, -0.1) is 0 Å². The Hall–Kier alpha value is -2.34. The lowest BCUT2D eigenvalue weighted by molar-refractivity contribution is -0.921. The number of amides is 1. The Balaban J connectivity index is 1.61. The monoisotopic (exact) mass is 370 g/mol. The number of hydrogen-bond acceptors (Lipinski definition) is 3. The Labute approximate surface area is 159 Å². The Kier molecular flexibility index (Phi) is 4.91. The second kappa shape index (κ2) is 7.35. The van der Waals surface area contributed by atoms with Gasteiger partial charge in [-0.2, -0.15) is 0 Å². The minimum absolute atomic E-state index is 0.0402. The highest BCUT2D eigenvalue weighted by Gasteiger charge is 2.38. The van der Waals surface area contributed by atoms with Gasteiger partial charge < -0.3 is 19.5 Å². The number of benzene rings is 1. The number of nitrogens with one attached hydrogen (secondary N) is 2. The lowest BCUT2D eigenvalue weighted by Gasteiger charge is -2.36. The Bertz CT molecular complexity index is 859. The molecular formula is C21H28N3O3+. The molecule has 0 aliphatic carbocycles. The fourth-order valence-corrected chi connectivity index (χ4v) is 4.63. The number of hydrogen-bond donors (Lipinski definition) is 2. The third kappa shape index (κ3) is 3.34. The zero-order valence-electron chi connectivity index (χ0n) is 16.1. The number of carbonyl (C=O) groups excluding carboxylic acids is 2. The minimum atomic E-state index is -0.547. The molecule has 2 aliphatic rings. The predicted molar refractivity (Wildman–Crippen MR) is 102 cm³/mol. The van der Waals surface area contributed by atoms with Crippen LogP contribution < -0.4 is 4.90 Å². The summed E-state index contributed by atoms with van der Waals surface area (Å²) in [5, 5.41) is 1.13. The van der Waals surface area contributed by atoms with Gasteiger partial charge in [0.1, 0.15) is 6.04 Å². The van der Waals surface area contributed by atoms with Crippen molar-refractivity contribution >= 4 is 22.8 Å². The molecule has 1 amide bonds. The highest BCUT2D eigenvalue weighted by Crippen LogP contribution is 2.30. The van der Waals surface area contributed by atoms with E-state index in [0.717, 1.165) is 35.1 Å². The van der Waals surface area contributed by atoms with Gasteiger partial charge >= 0.3 is 5.97 Å². The number of methoxy groups -OCH3 is 1. The molecule has 3 atom stereocenters. The number of rotatable bonds is 3. The summed E-state index contributed by atoms with van der Waals surface area (Å²) in [6.07, 6.45) is 4.07. The van der Waals surface area contributed by atoms with E-state index in [1.807, 2.05) is 18.2 Å². The van der Waals surface area contributed by atoms with E-state index in [1.54, 1.807) is 4.90 Å². The number of para-hydroxylation sites is 1. The number of carbonyl (C=O) groups is 2. The fourth-order valence-electron chi connectivity index (χ4n) is 4.63. The van der Waals surface area contributed by atoms with E-state index in [-0.39, 0.29) is 11.9 Å². The zero-order valence-corrected chi connectivity index (χ0v) is 16.1. The first-order valence-electron chi connectivity index (χ1n) is 9.88. The highest BCUT2D eigenvalue weighted by molar-refractivity contribution is 5.90. The quantitative estimate of drug-likeness (QED) is 0.794. The standard InChI is InChI=1S/C21H27N3O3/c1-14-7-5-6-10-23(14)13-20(25)24-12-18-16(11-19(24)21(26)27-2)15-8-3-4-9-17(15)22-18/h3-4,8-9,14,19,22H,5-7,10-13H2,1-2H3/p+1/t14-,19+/m0/s1. The second-order valence-electron chi connectivity index (χ2n) is 7.87. The lowest BCUT2D eigenvalue weighted by Crippen LogP contribution is -3.17. The smallest absolute Gasteiger partial charge is 0.328 e. The van der Waals surface area contributed by atoms with Gasteiger partial charge in [0.05, 0.1) is 26.2 Å². The van der Waals surface area contributed by atoms with Crippen molar-refractivity contribution in [3.8, 4) is 0 Å². The van der Waals surface area contributed by atoms with Crippen LogP contribution in [-0.2, 0) is 27.3 Å². The first-order chi connectivity index (χ1) is 13.1. The number of piperidine rings is 1. The molecule has 1 aromatic carbocycles. The molecule has 0 radical (unpaired) electrons. The van der Waals surface area contributed by atoms with Crippen molar-refractivity contribution in [1.29, 1.82) is 0 Å². The van der Waals surface area contributed by atoms with Gasteiger partial charge in [-0.05, 0) is 37.8 Å². The molecular weight excluding hydrogens is 342 g/mol. The summed E-state index contributed by atoms with van der Waals surface area (Å²) in [7, 11) is 1.40. The Morgan fingerprint density at radius 2 is 2.11 bits per heavy atom. The van der Waals surface area contributed by atoms with Gasteiger partial charge in [-0.3, -0.25) is 4.79 Å². The van der Waals surface area contributed by atoms with E-state index < -0.39 is 6.04 Å². The highest BCUT2D eigenvalue weighted by atomic mass is 16.5. The number of H-pyrrole nitrogens is 1. The summed E-state index contributed by atoms with van der Waals surface area (Å²) in [5.41, 5.74) is 3.21. The van der Waals surface area contributed by atoms with E-state index in [0.29, 0.717) is 25.6 Å². The molecule has 0 bridgehead atoms. The van der Waals surface area contributed by atoms with Crippen LogP contribution >= 0.6 is 0 Å². The van der Waals surface area contributed by atoms with Crippen LogP contribution in [0, 0.1) is 0 Å². The number of aromatic nitrogens is 1. The maximum absolute atomic E-state index is 13.2. The average Bonchev–Trinajstić information content (AvgIpc) is 3.05. The van der Waals surface area contributed by atoms with Gasteiger partial charge in [0, 0.05) is 23.0 Å². The van der Waals surface area contributed by atoms with Crippen molar-refractivity contribution in [2.24, 2.45) is 0 Å². The maximum atomic E-state index is 13.2. The summed E-state index contributed by atoms with van der Waals surface area (Å²) in [6, 6.07) is 8.04. The first kappa shape index (κ1) is 18.0. The minimum Gasteiger partial charge on any atom is -0.467 e. The van der Waals surface area contributed by atoms with Crippen LogP contribution in [0.4, 0.5) is 0 Å². The molecule has 0 spiro atoms. The van der Waals surface area contributed by atoms with Crippen LogP contribution in [-0.4, -0.2) is 54.0 Å². The number of nitrogens with zero attached hydrogens (tertiary/aromatic N) is 1. The molecule has 4 rings (SSSR count). The van der Waals surface area contributed by atoms with Crippen LogP contribution in [0.1, 0.15) is 37.4 Å². The summed E-state index contributed by atoms with van der Waals surface area (Å²) in [6.45, 7) is 4.13. The topological polar surface area (TPSA) is 66.8 Å². The summed E-state index contributed by atoms with van der Waals surface area (Å²) in [5.74, 6) is -0.292. The number of quaternary nitrogens is 1. The van der Waals surface area contributed by atoms with Crippen molar-refractivity contribution in [2.75, 3.05) is 20.2 Å². The SMILES string of the molecule is COC(=O)[C@H]1Cc2c([nH]c3ccccc23)CN1C(=O)C[NH+]1CCCC[C@@H]1C. The van der Waals surface area contributed by atoms with Gasteiger partial charge in [0.25, 0.3) is 5.91 Å². The van der Waals surface area contributed by atoms with Crippen molar-refractivity contribution in [2.45, 2.75) is 51.2 Å². The molecule has 27 heavy (non-hydrogen) atoms. The van der Waals surface area contributed by atoms with E-state index in [4.69, 9.17) is 4.74 Å². The van der Waals surface area contributed by atoms with Crippen molar-refractivity contribution in [3.63, 3.8) is 0 Å². The number of likely N-dealkylation sites (tertiary alicyclic amines) is 1. The Morgan fingerprint density at radius 3 is 2.89 bits per heavy atom. The molecule has 0 saturated carbocycles. The van der Waals surface area contributed by atoms with Crippen molar-refractivity contribution in [1.82, 2.24) is 9.88 Å². The number of esters is 1. The lowest BCUT2D eigenvalue weighted by atomic mass is 9.96. The summed E-state index contributed by atoms with van der Waals surface area (Å²) < 4.78 is 5.04. The Morgan fingerprint density at radius 1 is 1.30 bits per heavy atom. The molecule has 1 unspecified atom stereocenters. The number of ether oxygens (including phenoxy) is 1. The summed E-state index contributed by atoms with van der Waals surface area (Å²) >= 11 is 0. The third-order valence-corrected chi connectivity index (χ3v) is 6.26. The molecule has 144 valence electrons. The molecule has 1 aromatic heterocycles. The molecule has 2 aromatic rings. The average molecular weight is 370 g/mol. The van der Waals surface area contributed by atoms with E-state index in [1.165, 1.54) is 24.9 Å². The van der Waals surface area contributed by atoms with Crippen LogP contribution in [0.3, 0.4) is 0 Å². The van der Waals surface area contributed by atoms with Crippen LogP contribution in [0.15, 0.2) is 24.3 Å². The predicted octanol–water partition coefficient (Wildman–Crippen LogP) is 1.05. The first-order valence-corrected chi connectivity index (χ1v) is 9.88. The van der Waals surface area contributed by atoms with E-state index in [2.05, 4.69) is 18.0 Å². The van der Waals surface area contributed by atoms with Crippen LogP contribution in [0.5, 0.6) is 0 Å². The van der Waals surface area contributed by atoms with E-state index in [9.17, 15) is 9.59 Å². The largest absolute Gasteiger partial charge is 0.467 e. The fraction of sp³-hybridized carbons (Fsp3) is 0.524. The normalized spacial score (nSPS) is 25.3. The molecule has 6 nitrogen and oxygen atoms in total. The molecule has 6 heteroatoms. The molecule has 2 N–H and O–H groups in total. The number of aromatic amines is 1. The van der Waals surface area contributed by atoms with E-state index >= 15 is 0 Å². The molecule has 1 saturated heterocycles. The maximum Gasteiger partial charge on any atom is 0.328 e. The van der Waals surface area contributed by atoms with Gasteiger partial charge in [-0.1, -0.05) is 18.2 Å². The van der Waals surface area contributed by atoms with Crippen LogP contribution in [0.2, 0.25) is 0 Å². The van der Waals surface area contributed by atoms with Gasteiger partial charge in [0.2, 0.25) is 0 Å². The van der Waals surface area contributed by atoms with Gasteiger partial charge in [-0.25, -0.2) is 4.79 Å². The third-order valence-electron chi connectivity index (χ3n) is 6.26. The second-order valence-corrected chi connectivity index (χ2v) is 7.87. The zero-order chi connectivity index (χ0) is 19.0. The molecule has 1 fully saturated rings. The molecule has 2 aliphatic heterocycles. The van der Waals surface area contributed by atoms with Crippen molar-refractivity contribution in [3.05, 3.63) is 35.5 Å². The van der Waals surface area contributed by atoms with Crippen molar-refractivity contribution < 1.29 is 19.2 Å². The molecule has 3 heterocycles. The number of fused-ring (bicyclic) bond motifs is 3.